The van der Waals surface area contributed by atoms with Gasteiger partial charge in [0.15, 0.2) is 5.78 Å². The van der Waals surface area contributed by atoms with Crippen LogP contribution in [0.25, 0.3) is 0 Å². The summed E-state index contributed by atoms with van der Waals surface area (Å²) in [4.78, 5) is 12.1. The maximum absolute atomic E-state index is 12.1. The molecule has 84 valence electrons. The fraction of sp³-hybridized carbons (Fsp3) is 0.308. The van der Waals surface area contributed by atoms with Crippen molar-refractivity contribution in [3.63, 3.8) is 0 Å². The highest BCUT2D eigenvalue weighted by Gasteiger charge is 2.15. The number of carbonyl (C=O) groups excluding carboxylic acids is 1. The minimum Gasteiger partial charge on any atom is -0.501 e. The molecule has 0 spiro atoms. The molecule has 0 bridgehead atoms. The zero-order valence-corrected chi connectivity index (χ0v) is 10.7. The van der Waals surface area contributed by atoms with E-state index in [1.807, 2.05) is 25.1 Å². The summed E-state index contributed by atoms with van der Waals surface area (Å²) in [6, 6.07) is 5.67. The van der Waals surface area contributed by atoms with Gasteiger partial charge in [0, 0.05) is 15.6 Å². The standard InChI is InChI=1S/C13H13BrO2/c1-9-4-5-10(7-12(9)14)13(15)11-3-2-6-16-8-11/h4-5,7-8H,2-3,6H2,1H3. The van der Waals surface area contributed by atoms with Crippen molar-refractivity contribution < 1.29 is 9.53 Å². The summed E-state index contributed by atoms with van der Waals surface area (Å²) in [5.74, 6) is 0.0698. The van der Waals surface area contributed by atoms with Crippen molar-refractivity contribution in [3.8, 4) is 0 Å². The third-order valence-electron chi connectivity index (χ3n) is 2.66. The van der Waals surface area contributed by atoms with E-state index in [-0.39, 0.29) is 5.78 Å². The molecule has 0 atom stereocenters. The number of Topliss-reactive ketones (excluding diaryl/α,β-unsaturated/α-hetero) is 1. The first kappa shape index (κ1) is 11.4. The number of hydrogen-bond acceptors (Lipinski definition) is 2. The Balaban J connectivity index is 2.26. The fourth-order valence-corrected chi connectivity index (χ4v) is 2.03. The molecule has 0 fully saturated rings. The van der Waals surface area contributed by atoms with E-state index >= 15 is 0 Å². The number of ether oxygens (including phenoxy) is 1. The van der Waals surface area contributed by atoms with Crippen molar-refractivity contribution in [2.75, 3.05) is 6.61 Å². The number of ketones is 1. The van der Waals surface area contributed by atoms with E-state index in [0.29, 0.717) is 12.2 Å². The Hall–Kier alpha value is -1.09. The number of rotatable bonds is 2. The predicted octanol–water partition coefficient (Wildman–Crippen LogP) is 3.63. The first-order valence-corrected chi connectivity index (χ1v) is 6.09. The zero-order chi connectivity index (χ0) is 11.5. The van der Waals surface area contributed by atoms with E-state index in [2.05, 4.69) is 15.9 Å². The summed E-state index contributed by atoms with van der Waals surface area (Å²) >= 11 is 3.44. The minimum absolute atomic E-state index is 0.0698. The molecule has 3 heteroatoms. The van der Waals surface area contributed by atoms with Gasteiger partial charge < -0.3 is 4.74 Å². The second-order valence-corrected chi connectivity index (χ2v) is 4.76. The van der Waals surface area contributed by atoms with Crippen LogP contribution in [0.2, 0.25) is 0 Å². The van der Waals surface area contributed by atoms with E-state index in [9.17, 15) is 4.79 Å². The normalized spacial score (nSPS) is 15.2. The molecule has 1 aromatic rings. The van der Waals surface area contributed by atoms with Crippen molar-refractivity contribution in [1.29, 1.82) is 0 Å². The van der Waals surface area contributed by atoms with Gasteiger partial charge in [-0.25, -0.2) is 0 Å². The van der Waals surface area contributed by atoms with Crippen molar-refractivity contribution in [1.82, 2.24) is 0 Å². The van der Waals surface area contributed by atoms with Crippen molar-refractivity contribution in [2.45, 2.75) is 19.8 Å². The van der Waals surface area contributed by atoms with Crippen LogP contribution in [-0.4, -0.2) is 12.4 Å². The van der Waals surface area contributed by atoms with E-state index in [1.54, 1.807) is 6.26 Å². The van der Waals surface area contributed by atoms with Gasteiger partial charge in [-0.1, -0.05) is 28.1 Å². The number of hydrogen-bond donors (Lipinski definition) is 0. The Labute approximate surface area is 103 Å². The van der Waals surface area contributed by atoms with E-state index in [1.165, 1.54) is 0 Å². The lowest BCUT2D eigenvalue weighted by molar-refractivity contribution is 0.101. The monoisotopic (exact) mass is 280 g/mol. The molecule has 1 aliphatic heterocycles. The van der Waals surface area contributed by atoms with Crippen LogP contribution in [0.15, 0.2) is 34.5 Å². The number of halogens is 1. The fourth-order valence-electron chi connectivity index (χ4n) is 1.65. The van der Waals surface area contributed by atoms with Gasteiger partial charge in [0.05, 0.1) is 12.9 Å². The van der Waals surface area contributed by atoms with Crippen molar-refractivity contribution >= 4 is 21.7 Å². The Morgan fingerprint density at radius 1 is 1.44 bits per heavy atom. The van der Waals surface area contributed by atoms with E-state index < -0.39 is 0 Å². The number of carbonyl (C=O) groups is 1. The average Bonchev–Trinajstić information content (AvgIpc) is 2.33. The number of aryl methyl sites for hydroxylation is 1. The second kappa shape index (κ2) is 4.83. The molecule has 0 radical (unpaired) electrons. The quantitative estimate of drug-likeness (QED) is 0.774. The molecule has 16 heavy (non-hydrogen) atoms. The molecule has 2 nitrogen and oxygen atoms in total. The van der Waals surface area contributed by atoms with Crippen molar-refractivity contribution in [3.05, 3.63) is 45.6 Å². The largest absolute Gasteiger partial charge is 0.501 e. The van der Waals surface area contributed by atoms with Crippen LogP contribution in [0, 0.1) is 6.92 Å². The molecule has 1 heterocycles. The molecule has 0 amide bonds. The molecule has 2 rings (SSSR count). The van der Waals surface area contributed by atoms with Crippen LogP contribution in [0.3, 0.4) is 0 Å². The summed E-state index contributed by atoms with van der Waals surface area (Å²) in [7, 11) is 0. The molecule has 0 saturated heterocycles. The van der Waals surface area contributed by atoms with Gasteiger partial charge in [0.1, 0.15) is 0 Å². The Morgan fingerprint density at radius 3 is 2.88 bits per heavy atom. The summed E-state index contributed by atoms with van der Waals surface area (Å²) in [6.45, 7) is 2.72. The minimum atomic E-state index is 0.0698. The lowest BCUT2D eigenvalue weighted by Gasteiger charge is -2.13. The van der Waals surface area contributed by atoms with Gasteiger partial charge >= 0.3 is 0 Å². The zero-order valence-electron chi connectivity index (χ0n) is 9.13. The second-order valence-electron chi connectivity index (χ2n) is 3.91. The highest BCUT2D eigenvalue weighted by Crippen LogP contribution is 2.22. The van der Waals surface area contributed by atoms with Crippen LogP contribution in [0.4, 0.5) is 0 Å². The van der Waals surface area contributed by atoms with Crippen LogP contribution in [0.1, 0.15) is 28.8 Å². The van der Waals surface area contributed by atoms with Gasteiger partial charge in [-0.3, -0.25) is 4.79 Å². The molecule has 0 N–H and O–H groups in total. The Morgan fingerprint density at radius 2 is 2.25 bits per heavy atom. The Kier molecular flexibility index (Phi) is 3.44. The van der Waals surface area contributed by atoms with Crippen LogP contribution < -0.4 is 0 Å². The molecule has 0 aliphatic carbocycles. The molecule has 1 aromatic carbocycles. The first-order chi connectivity index (χ1) is 7.68. The van der Waals surface area contributed by atoms with Crippen LogP contribution >= 0.6 is 15.9 Å². The molecular formula is C13H13BrO2. The number of allylic oxidation sites excluding steroid dienone is 1. The van der Waals surface area contributed by atoms with Gasteiger partial charge in [-0.05, 0) is 31.4 Å². The molecule has 1 aliphatic rings. The highest BCUT2D eigenvalue weighted by molar-refractivity contribution is 9.10. The molecule has 0 unspecified atom stereocenters. The van der Waals surface area contributed by atoms with Gasteiger partial charge in [-0.15, -0.1) is 0 Å². The van der Waals surface area contributed by atoms with Crippen molar-refractivity contribution in [2.24, 2.45) is 0 Å². The van der Waals surface area contributed by atoms with Crippen LogP contribution in [0.5, 0.6) is 0 Å². The van der Waals surface area contributed by atoms with E-state index in [4.69, 9.17) is 4.74 Å². The van der Waals surface area contributed by atoms with E-state index in [0.717, 1.165) is 28.5 Å². The smallest absolute Gasteiger partial charge is 0.192 e. The Bertz CT molecular complexity index is 449. The summed E-state index contributed by atoms with van der Waals surface area (Å²) < 4.78 is 6.15. The highest BCUT2D eigenvalue weighted by atomic mass is 79.9. The number of benzene rings is 1. The summed E-state index contributed by atoms with van der Waals surface area (Å²) in [5.41, 5.74) is 2.61. The topological polar surface area (TPSA) is 26.3 Å². The maximum atomic E-state index is 12.1. The molecule has 0 saturated carbocycles. The first-order valence-electron chi connectivity index (χ1n) is 5.30. The summed E-state index contributed by atoms with van der Waals surface area (Å²) in [6.07, 6.45) is 3.33. The SMILES string of the molecule is Cc1ccc(C(=O)C2=COCCC2)cc1Br. The third kappa shape index (κ3) is 2.35. The lowest BCUT2D eigenvalue weighted by atomic mass is 9.99. The summed E-state index contributed by atoms with van der Waals surface area (Å²) in [5, 5.41) is 0. The average molecular weight is 281 g/mol. The molecule has 0 aromatic heterocycles. The maximum Gasteiger partial charge on any atom is 0.192 e. The lowest BCUT2D eigenvalue weighted by Crippen LogP contribution is -2.09. The van der Waals surface area contributed by atoms with Gasteiger partial charge in [0.25, 0.3) is 0 Å². The van der Waals surface area contributed by atoms with Gasteiger partial charge in [0.2, 0.25) is 0 Å². The third-order valence-corrected chi connectivity index (χ3v) is 3.51. The van der Waals surface area contributed by atoms with Gasteiger partial charge in [-0.2, -0.15) is 0 Å². The molecular weight excluding hydrogens is 268 g/mol. The predicted molar refractivity (Wildman–Crippen MR) is 66.5 cm³/mol. The van der Waals surface area contributed by atoms with Crippen LogP contribution in [-0.2, 0) is 4.74 Å².